The minimum atomic E-state index is 0.204. The third-order valence-corrected chi connectivity index (χ3v) is 2.89. The van der Waals surface area contributed by atoms with Crippen molar-refractivity contribution in [1.29, 1.82) is 0 Å². The van der Waals surface area contributed by atoms with Crippen molar-refractivity contribution in [2.45, 2.75) is 12.8 Å². The molecule has 1 aliphatic rings. The second-order valence-corrected chi connectivity index (χ2v) is 4.31. The lowest BCUT2D eigenvalue weighted by atomic mass is 9.99. The number of rotatable bonds is 4. The summed E-state index contributed by atoms with van der Waals surface area (Å²) in [5.74, 6) is 1.43. The van der Waals surface area contributed by atoms with Gasteiger partial charge in [-0.15, -0.1) is 0 Å². The van der Waals surface area contributed by atoms with Gasteiger partial charge in [-0.1, -0.05) is 0 Å². The van der Waals surface area contributed by atoms with Crippen LogP contribution in [-0.4, -0.2) is 37.6 Å². The molecule has 0 saturated carbocycles. The van der Waals surface area contributed by atoms with E-state index in [1.54, 1.807) is 11.8 Å². The number of nitrogens with one attached hydrogen (secondary N) is 2. The largest absolute Gasteiger partial charge is 0.355 e. The summed E-state index contributed by atoms with van der Waals surface area (Å²) in [6.45, 7) is 2.72. The zero-order valence-electron chi connectivity index (χ0n) is 8.14. The fourth-order valence-electron chi connectivity index (χ4n) is 1.50. The zero-order chi connectivity index (χ0) is 9.52. The Kier molecular flexibility index (Phi) is 5.23. The van der Waals surface area contributed by atoms with Gasteiger partial charge in [0.15, 0.2) is 0 Å². The minimum absolute atomic E-state index is 0.204. The zero-order valence-corrected chi connectivity index (χ0v) is 8.95. The molecule has 0 aromatic heterocycles. The molecule has 0 aliphatic carbocycles. The van der Waals surface area contributed by atoms with Crippen molar-refractivity contribution in [1.82, 2.24) is 10.6 Å². The maximum absolute atomic E-state index is 11.5. The van der Waals surface area contributed by atoms with Crippen LogP contribution >= 0.6 is 11.8 Å². The number of carbonyl (C=O) groups is 1. The maximum Gasteiger partial charge on any atom is 0.224 e. The Labute approximate surface area is 84.0 Å². The fourth-order valence-corrected chi connectivity index (χ4v) is 1.80. The summed E-state index contributed by atoms with van der Waals surface area (Å²) in [6.07, 6.45) is 4.22. The van der Waals surface area contributed by atoms with Crippen LogP contribution in [0.3, 0.4) is 0 Å². The predicted molar refractivity (Wildman–Crippen MR) is 57.0 cm³/mol. The molecule has 1 aliphatic heterocycles. The van der Waals surface area contributed by atoms with Crippen molar-refractivity contribution in [3.05, 3.63) is 0 Å². The molecular weight excluding hydrogens is 184 g/mol. The average molecular weight is 202 g/mol. The quantitative estimate of drug-likeness (QED) is 0.651. The second-order valence-electron chi connectivity index (χ2n) is 3.33. The van der Waals surface area contributed by atoms with Crippen molar-refractivity contribution < 1.29 is 4.79 Å². The van der Waals surface area contributed by atoms with Crippen molar-refractivity contribution in [2.24, 2.45) is 5.92 Å². The number of thioether (sulfide) groups is 1. The van der Waals surface area contributed by atoms with Crippen molar-refractivity contribution >= 4 is 17.7 Å². The molecule has 0 spiro atoms. The lowest BCUT2D eigenvalue weighted by Gasteiger charge is -2.21. The van der Waals surface area contributed by atoms with Crippen LogP contribution in [0.2, 0.25) is 0 Å². The minimum Gasteiger partial charge on any atom is -0.355 e. The van der Waals surface area contributed by atoms with Crippen LogP contribution in [0.1, 0.15) is 12.8 Å². The first-order valence-corrected chi connectivity index (χ1v) is 6.21. The molecule has 2 N–H and O–H groups in total. The summed E-state index contributed by atoms with van der Waals surface area (Å²) >= 11 is 1.76. The van der Waals surface area contributed by atoms with E-state index < -0.39 is 0 Å². The Morgan fingerprint density at radius 1 is 1.69 bits per heavy atom. The number of carbonyl (C=O) groups excluding carboxylic acids is 1. The van der Waals surface area contributed by atoms with Gasteiger partial charge in [-0.3, -0.25) is 4.79 Å². The van der Waals surface area contributed by atoms with Gasteiger partial charge in [0.1, 0.15) is 0 Å². The molecule has 0 bridgehead atoms. The van der Waals surface area contributed by atoms with Crippen molar-refractivity contribution in [3.63, 3.8) is 0 Å². The first kappa shape index (κ1) is 10.9. The fraction of sp³-hybridized carbons (Fsp3) is 0.889. The second kappa shape index (κ2) is 6.27. The summed E-state index contributed by atoms with van der Waals surface area (Å²) in [6, 6.07) is 0. The van der Waals surface area contributed by atoms with Gasteiger partial charge in [0.2, 0.25) is 5.91 Å². The molecule has 1 heterocycles. The molecule has 1 atom stereocenters. The molecule has 1 fully saturated rings. The van der Waals surface area contributed by atoms with Crippen LogP contribution in [0.5, 0.6) is 0 Å². The maximum atomic E-state index is 11.5. The van der Waals surface area contributed by atoms with Crippen LogP contribution in [0.4, 0.5) is 0 Å². The Bertz CT molecular complexity index is 158. The Morgan fingerprint density at radius 2 is 2.54 bits per heavy atom. The highest BCUT2D eigenvalue weighted by atomic mass is 32.2. The highest BCUT2D eigenvalue weighted by Crippen LogP contribution is 2.09. The SMILES string of the molecule is CSCCNC(=O)C1CCCNC1. The Hall–Kier alpha value is -0.220. The normalized spacial score (nSPS) is 22.7. The van der Waals surface area contributed by atoms with Gasteiger partial charge >= 0.3 is 0 Å². The van der Waals surface area contributed by atoms with Crippen LogP contribution in [0.25, 0.3) is 0 Å². The molecule has 13 heavy (non-hydrogen) atoms. The van der Waals surface area contributed by atoms with Gasteiger partial charge in [-0.05, 0) is 25.6 Å². The number of hydrogen-bond acceptors (Lipinski definition) is 3. The van der Waals surface area contributed by atoms with Crippen LogP contribution in [0, 0.1) is 5.92 Å². The third-order valence-electron chi connectivity index (χ3n) is 2.27. The lowest BCUT2D eigenvalue weighted by Crippen LogP contribution is -2.41. The monoisotopic (exact) mass is 202 g/mol. The van der Waals surface area contributed by atoms with Crippen molar-refractivity contribution in [2.75, 3.05) is 31.6 Å². The standard InChI is InChI=1S/C9H18N2OS/c1-13-6-5-11-9(12)8-3-2-4-10-7-8/h8,10H,2-7H2,1H3,(H,11,12). The van der Waals surface area contributed by atoms with E-state index in [2.05, 4.69) is 10.6 Å². The van der Waals surface area contributed by atoms with E-state index in [1.807, 2.05) is 6.26 Å². The summed E-state index contributed by atoms with van der Waals surface area (Å²) in [5.41, 5.74) is 0. The third kappa shape index (κ3) is 4.00. The molecule has 1 saturated heterocycles. The van der Waals surface area contributed by atoms with Crippen molar-refractivity contribution in [3.8, 4) is 0 Å². The van der Waals surface area contributed by atoms with Gasteiger partial charge < -0.3 is 10.6 Å². The molecule has 76 valence electrons. The molecule has 3 nitrogen and oxygen atoms in total. The van der Waals surface area contributed by atoms with E-state index in [4.69, 9.17) is 0 Å². The van der Waals surface area contributed by atoms with Gasteiger partial charge in [0.25, 0.3) is 0 Å². The average Bonchev–Trinajstić information content (AvgIpc) is 2.19. The molecule has 1 rings (SSSR count). The lowest BCUT2D eigenvalue weighted by molar-refractivity contribution is -0.125. The topological polar surface area (TPSA) is 41.1 Å². The summed E-state index contributed by atoms with van der Waals surface area (Å²) < 4.78 is 0. The van der Waals surface area contributed by atoms with Gasteiger partial charge in [-0.25, -0.2) is 0 Å². The first-order valence-electron chi connectivity index (χ1n) is 4.82. The van der Waals surface area contributed by atoms with E-state index in [0.29, 0.717) is 0 Å². The van der Waals surface area contributed by atoms with E-state index in [0.717, 1.165) is 38.2 Å². The van der Waals surface area contributed by atoms with Crippen LogP contribution in [0.15, 0.2) is 0 Å². The summed E-state index contributed by atoms with van der Waals surface area (Å²) in [4.78, 5) is 11.5. The highest BCUT2D eigenvalue weighted by Gasteiger charge is 2.19. The Balaban J connectivity index is 2.13. The molecule has 1 unspecified atom stereocenters. The van der Waals surface area contributed by atoms with E-state index in [-0.39, 0.29) is 11.8 Å². The van der Waals surface area contributed by atoms with Crippen LogP contribution < -0.4 is 10.6 Å². The number of piperidine rings is 1. The molecule has 4 heteroatoms. The first-order chi connectivity index (χ1) is 6.34. The molecule has 1 amide bonds. The summed E-state index contributed by atoms with van der Waals surface area (Å²) in [5, 5.41) is 6.19. The summed E-state index contributed by atoms with van der Waals surface area (Å²) in [7, 11) is 0. The smallest absolute Gasteiger partial charge is 0.224 e. The molecule has 0 aromatic rings. The van der Waals surface area contributed by atoms with E-state index in [9.17, 15) is 4.79 Å². The molecule has 0 aromatic carbocycles. The Morgan fingerprint density at radius 3 is 3.15 bits per heavy atom. The van der Waals surface area contributed by atoms with E-state index >= 15 is 0 Å². The van der Waals surface area contributed by atoms with E-state index in [1.165, 1.54) is 0 Å². The van der Waals surface area contributed by atoms with Crippen LogP contribution in [-0.2, 0) is 4.79 Å². The highest BCUT2D eigenvalue weighted by molar-refractivity contribution is 7.98. The number of hydrogen-bond donors (Lipinski definition) is 2. The van der Waals surface area contributed by atoms with Gasteiger partial charge in [0, 0.05) is 18.8 Å². The molecule has 0 radical (unpaired) electrons. The van der Waals surface area contributed by atoms with Gasteiger partial charge in [0.05, 0.1) is 5.92 Å². The van der Waals surface area contributed by atoms with Gasteiger partial charge in [-0.2, -0.15) is 11.8 Å². The molecular formula is C9H18N2OS. The predicted octanol–water partition coefficient (Wildman–Crippen LogP) is 0.465. The number of amides is 1.